The second-order valence-electron chi connectivity index (χ2n) is 3.05. The Morgan fingerprint density at radius 3 is 3.00 bits per heavy atom. The summed E-state index contributed by atoms with van der Waals surface area (Å²) in [5, 5.41) is 2.84. The van der Waals surface area contributed by atoms with Crippen LogP contribution in [0.4, 0.5) is 0 Å². The number of hydrogen-bond acceptors (Lipinski definition) is 3. The summed E-state index contributed by atoms with van der Waals surface area (Å²) in [6, 6.07) is 0.0787. The summed E-state index contributed by atoms with van der Waals surface area (Å²) in [7, 11) is 0. The largest absolute Gasteiger partial charge is 0.338 e. The molecule has 0 spiro atoms. The van der Waals surface area contributed by atoms with Crippen molar-refractivity contribution in [1.82, 2.24) is 4.90 Å². The zero-order chi connectivity index (χ0) is 8.97. The van der Waals surface area contributed by atoms with Gasteiger partial charge in [-0.25, -0.2) is 0 Å². The van der Waals surface area contributed by atoms with Crippen molar-refractivity contribution in [3.05, 3.63) is 4.91 Å². The van der Waals surface area contributed by atoms with E-state index in [2.05, 4.69) is 5.18 Å². The summed E-state index contributed by atoms with van der Waals surface area (Å²) in [4.78, 5) is 23.1. The number of nitrogens with zero attached hydrogens (tertiary/aromatic N) is 2. The fraction of sp³-hybridized carbons (Fsp3) is 0.875. The second kappa shape index (κ2) is 4.18. The number of hydrogen-bond donors (Lipinski definition) is 0. The molecule has 1 heterocycles. The average molecular weight is 170 g/mol. The van der Waals surface area contributed by atoms with Crippen LogP contribution in [-0.4, -0.2) is 29.9 Å². The molecule has 12 heavy (non-hydrogen) atoms. The van der Waals surface area contributed by atoms with Gasteiger partial charge in [-0.2, -0.15) is 4.91 Å². The van der Waals surface area contributed by atoms with Crippen molar-refractivity contribution >= 4 is 5.91 Å². The smallest absolute Gasteiger partial charge is 0.222 e. The van der Waals surface area contributed by atoms with E-state index in [-0.39, 0.29) is 18.5 Å². The predicted molar refractivity (Wildman–Crippen MR) is 45.7 cm³/mol. The van der Waals surface area contributed by atoms with Crippen molar-refractivity contribution in [2.24, 2.45) is 5.18 Å². The highest BCUT2D eigenvalue weighted by atomic mass is 16.3. The molecule has 0 aromatic carbocycles. The lowest BCUT2D eigenvalue weighted by atomic mass is 10.2. The summed E-state index contributed by atoms with van der Waals surface area (Å²) in [6.45, 7) is 2.89. The van der Waals surface area contributed by atoms with Crippen molar-refractivity contribution in [3.63, 3.8) is 0 Å². The van der Waals surface area contributed by atoms with Crippen LogP contribution in [0.3, 0.4) is 0 Å². The quantitative estimate of drug-likeness (QED) is 0.596. The standard InChI is InChI=1S/C8H14N2O2/c1-2-8(11)10-5-3-4-7(10)6-9-12/h7H,2-6H2,1H3. The third-order valence-electron chi connectivity index (χ3n) is 2.29. The molecule has 1 saturated heterocycles. The Morgan fingerprint density at radius 1 is 1.67 bits per heavy atom. The first-order valence-corrected chi connectivity index (χ1v) is 4.38. The van der Waals surface area contributed by atoms with E-state index in [0.717, 1.165) is 19.4 Å². The molecule has 0 radical (unpaired) electrons. The minimum absolute atomic E-state index is 0.0787. The monoisotopic (exact) mass is 170 g/mol. The molecule has 0 aromatic heterocycles. The lowest BCUT2D eigenvalue weighted by Gasteiger charge is -2.21. The molecule has 0 aromatic rings. The SMILES string of the molecule is CCC(=O)N1CCCC1CN=O. The molecule has 1 atom stereocenters. The van der Waals surface area contributed by atoms with Crippen LogP contribution in [0.25, 0.3) is 0 Å². The van der Waals surface area contributed by atoms with Crippen molar-refractivity contribution in [2.45, 2.75) is 32.2 Å². The lowest BCUT2D eigenvalue weighted by molar-refractivity contribution is -0.131. The molecule has 1 aliphatic rings. The number of likely N-dealkylation sites (tertiary alicyclic amines) is 1. The van der Waals surface area contributed by atoms with Crippen LogP contribution >= 0.6 is 0 Å². The lowest BCUT2D eigenvalue weighted by Crippen LogP contribution is -2.36. The van der Waals surface area contributed by atoms with E-state index in [1.165, 1.54) is 0 Å². The molecule has 1 unspecified atom stereocenters. The fourth-order valence-corrected chi connectivity index (χ4v) is 1.64. The number of rotatable bonds is 3. The molecule has 0 aliphatic carbocycles. The Hall–Kier alpha value is -0.930. The van der Waals surface area contributed by atoms with E-state index in [1.54, 1.807) is 4.90 Å². The highest BCUT2D eigenvalue weighted by Gasteiger charge is 2.27. The molecule has 1 rings (SSSR count). The second-order valence-corrected chi connectivity index (χ2v) is 3.05. The molecular weight excluding hydrogens is 156 g/mol. The predicted octanol–water partition coefficient (Wildman–Crippen LogP) is 1.15. The number of carbonyl (C=O) groups excluding carboxylic acids is 1. The van der Waals surface area contributed by atoms with Gasteiger partial charge < -0.3 is 4.90 Å². The highest BCUT2D eigenvalue weighted by Crippen LogP contribution is 2.18. The summed E-state index contributed by atoms with van der Waals surface area (Å²) in [6.07, 6.45) is 2.46. The summed E-state index contributed by atoms with van der Waals surface area (Å²) >= 11 is 0. The Balaban J connectivity index is 2.50. The van der Waals surface area contributed by atoms with Gasteiger partial charge in [-0.1, -0.05) is 12.1 Å². The van der Waals surface area contributed by atoms with Crippen LogP contribution in [0, 0.1) is 4.91 Å². The summed E-state index contributed by atoms with van der Waals surface area (Å²) < 4.78 is 0. The third-order valence-corrected chi connectivity index (χ3v) is 2.29. The van der Waals surface area contributed by atoms with Crippen molar-refractivity contribution in [1.29, 1.82) is 0 Å². The van der Waals surface area contributed by atoms with E-state index < -0.39 is 0 Å². The van der Waals surface area contributed by atoms with Crippen LogP contribution < -0.4 is 0 Å². The zero-order valence-corrected chi connectivity index (χ0v) is 7.32. The summed E-state index contributed by atoms with van der Waals surface area (Å²) in [5.74, 6) is 0.140. The molecule has 1 fully saturated rings. The topological polar surface area (TPSA) is 49.7 Å². The van der Waals surface area contributed by atoms with E-state index in [4.69, 9.17) is 0 Å². The van der Waals surface area contributed by atoms with Gasteiger partial charge in [0.05, 0.1) is 6.04 Å². The Bertz CT molecular complexity index is 182. The van der Waals surface area contributed by atoms with Crippen molar-refractivity contribution < 1.29 is 4.79 Å². The molecule has 0 bridgehead atoms. The fourth-order valence-electron chi connectivity index (χ4n) is 1.64. The van der Waals surface area contributed by atoms with Crippen LogP contribution in [0.5, 0.6) is 0 Å². The maximum absolute atomic E-state index is 11.3. The molecule has 4 nitrogen and oxygen atoms in total. The maximum atomic E-state index is 11.3. The number of nitroso groups, excluding NO2 is 1. The molecule has 1 amide bonds. The average Bonchev–Trinajstić information content (AvgIpc) is 2.52. The van der Waals surface area contributed by atoms with Gasteiger partial charge in [-0.05, 0) is 12.8 Å². The molecule has 68 valence electrons. The van der Waals surface area contributed by atoms with E-state index in [0.29, 0.717) is 6.42 Å². The van der Waals surface area contributed by atoms with Crippen LogP contribution in [0.2, 0.25) is 0 Å². The molecule has 4 heteroatoms. The van der Waals surface area contributed by atoms with Gasteiger partial charge in [0.1, 0.15) is 6.54 Å². The van der Waals surface area contributed by atoms with Crippen molar-refractivity contribution in [2.75, 3.05) is 13.1 Å². The van der Waals surface area contributed by atoms with Crippen LogP contribution in [-0.2, 0) is 4.79 Å². The van der Waals surface area contributed by atoms with Gasteiger partial charge in [0.25, 0.3) is 0 Å². The van der Waals surface area contributed by atoms with Crippen molar-refractivity contribution in [3.8, 4) is 0 Å². The molecule has 0 saturated carbocycles. The third kappa shape index (κ3) is 1.81. The van der Waals surface area contributed by atoms with E-state index in [1.807, 2.05) is 6.92 Å². The van der Waals surface area contributed by atoms with Gasteiger partial charge in [0, 0.05) is 13.0 Å². The first kappa shape index (κ1) is 9.16. The minimum Gasteiger partial charge on any atom is -0.338 e. The van der Waals surface area contributed by atoms with Gasteiger partial charge in [-0.3, -0.25) is 4.79 Å². The minimum atomic E-state index is 0.0787. The first-order valence-electron chi connectivity index (χ1n) is 4.38. The molecular formula is C8H14N2O2. The van der Waals surface area contributed by atoms with Gasteiger partial charge in [0.2, 0.25) is 5.91 Å². The Labute approximate surface area is 71.9 Å². The van der Waals surface area contributed by atoms with E-state index in [9.17, 15) is 9.70 Å². The number of carbonyl (C=O) groups is 1. The van der Waals surface area contributed by atoms with Gasteiger partial charge >= 0.3 is 0 Å². The zero-order valence-electron chi connectivity index (χ0n) is 7.32. The van der Waals surface area contributed by atoms with Gasteiger partial charge in [-0.15, -0.1) is 0 Å². The normalized spacial score (nSPS) is 22.8. The van der Waals surface area contributed by atoms with Crippen LogP contribution in [0.15, 0.2) is 5.18 Å². The maximum Gasteiger partial charge on any atom is 0.222 e. The van der Waals surface area contributed by atoms with E-state index >= 15 is 0 Å². The number of amides is 1. The Morgan fingerprint density at radius 2 is 2.42 bits per heavy atom. The first-order chi connectivity index (χ1) is 5.79. The summed E-state index contributed by atoms with van der Waals surface area (Å²) in [5.41, 5.74) is 0. The highest BCUT2D eigenvalue weighted by molar-refractivity contribution is 5.76. The Kier molecular flexibility index (Phi) is 3.19. The molecule has 1 aliphatic heterocycles. The molecule has 0 N–H and O–H groups in total. The van der Waals surface area contributed by atoms with Crippen LogP contribution in [0.1, 0.15) is 26.2 Å². The van der Waals surface area contributed by atoms with Gasteiger partial charge in [0.15, 0.2) is 0 Å².